The lowest BCUT2D eigenvalue weighted by molar-refractivity contribution is -0.117. The second kappa shape index (κ2) is 8.38. The van der Waals surface area contributed by atoms with Gasteiger partial charge in [0.15, 0.2) is 11.5 Å². The van der Waals surface area contributed by atoms with Crippen molar-refractivity contribution in [2.75, 3.05) is 38.0 Å². The number of aromatic nitrogens is 1. The lowest BCUT2D eigenvalue weighted by Crippen LogP contribution is -2.29. The van der Waals surface area contributed by atoms with Crippen molar-refractivity contribution in [3.8, 4) is 11.5 Å². The fourth-order valence-corrected chi connectivity index (χ4v) is 3.48. The Hall–Kier alpha value is -3.29. The summed E-state index contributed by atoms with van der Waals surface area (Å²) < 4.78 is 15.7. The van der Waals surface area contributed by atoms with E-state index in [0.717, 1.165) is 5.56 Å². The summed E-state index contributed by atoms with van der Waals surface area (Å²) in [4.78, 5) is 30.9. The molecule has 0 saturated heterocycles. The Balaban J connectivity index is 1.85. The maximum Gasteiger partial charge on any atom is 0.342 e. The summed E-state index contributed by atoms with van der Waals surface area (Å²) >= 11 is 0. The van der Waals surface area contributed by atoms with Crippen molar-refractivity contribution < 1.29 is 23.8 Å². The number of rotatable bonds is 7. The van der Waals surface area contributed by atoms with Crippen molar-refractivity contribution in [1.29, 1.82) is 0 Å². The first-order valence-corrected chi connectivity index (χ1v) is 9.38. The smallest absolute Gasteiger partial charge is 0.342 e. The van der Waals surface area contributed by atoms with Crippen LogP contribution < -0.4 is 20.1 Å². The van der Waals surface area contributed by atoms with E-state index in [1.807, 2.05) is 18.2 Å². The second-order valence-electron chi connectivity index (χ2n) is 6.67. The molecule has 2 aromatic rings. The van der Waals surface area contributed by atoms with Crippen LogP contribution in [0.3, 0.4) is 0 Å². The summed E-state index contributed by atoms with van der Waals surface area (Å²) in [5, 5.41) is 0. The molecule has 1 aromatic carbocycles. The molecule has 0 fully saturated rings. The van der Waals surface area contributed by atoms with Crippen LogP contribution in [-0.2, 0) is 22.4 Å². The number of hydrogen-bond donors (Lipinski definition) is 1. The Morgan fingerprint density at radius 3 is 2.62 bits per heavy atom. The molecule has 2 heterocycles. The van der Waals surface area contributed by atoms with Gasteiger partial charge in [-0.15, -0.1) is 0 Å². The van der Waals surface area contributed by atoms with Crippen LogP contribution in [0.5, 0.6) is 11.5 Å². The van der Waals surface area contributed by atoms with E-state index >= 15 is 0 Å². The minimum atomic E-state index is -0.519. The number of ether oxygens (including phenoxy) is 3. The van der Waals surface area contributed by atoms with Gasteiger partial charge in [-0.25, -0.2) is 9.78 Å². The number of carbonyl (C=O) groups excluding carboxylic acids is 2. The molecular weight excluding hydrogens is 374 g/mol. The summed E-state index contributed by atoms with van der Waals surface area (Å²) in [5.41, 5.74) is 8.75. The Labute approximate surface area is 169 Å². The SMILES string of the molecule is CCOC(=O)c1c(C)nc2c(c1N)CC(=O)N2CCc1ccc(OC)c(OC)c1. The van der Waals surface area contributed by atoms with Crippen LogP contribution in [0.2, 0.25) is 0 Å². The van der Waals surface area contributed by atoms with Gasteiger partial charge in [-0.05, 0) is 38.0 Å². The average Bonchev–Trinajstić information content (AvgIpc) is 3.01. The van der Waals surface area contributed by atoms with Gasteiger partial charge in [0.2, 0.25) is 5.91 Å². The van der Waals surface area contributed by atoms with E-state index in [9.17, 15) is 9.59 Å². The lowest BCUT2D eigenvalue weighted by Gasteiger charge is -2.19. The van der Waals surface area contributed by atoms with E-state index in [-0.39, 0.29) is 30.2 Å². The van der Waals surface area contributed by atoms with E-state index in [1.54, 1.807) is 33.0 Å². The number of aryl methyl sites for hydroxylation is 1. The molecule has 0 saturated carbocycles. The number of amides is 1. The molecule has 0 aliphatic carbocycles. The number of carbonyl (C=O) groups is 2. The van der Waals surface area contributed by atoms with Crippen molar-refractivity contribution in [3.63, 3.8) is 0 Å². The summed E-state index contributed by atoms with van der Waals surface area (Å²) in [6, 6.07) is 5.65. The van der Waals surface area contributed by atoms with Crippen LogP contribution in [-0.4, -0.2) is 44.2 Å². The highest BCUT2D eigenvalue weighted by atomic mass is 16.5. The minimum absolute atomic E-state index is 0.0971. The van der Waals surface area contributed by atoms with Gasteiger partial charge in [0.05, 0.1) is 38.6 Å². The predicted octanol–water partition coefficient (Wildman–Crippen LogP) is 2.30. The summed E-state index contributed by atoms with van der Waals surface area (Å²) in [6.45, 7) is 4.10. The summed E-state index contributed by atoms with van der Waals surface area (Å²) in [7, 11) is 3.17. The number of anilines is 2. The Morgan fingerprint density at radius 1 is 1.24 bits per heavy atom. The van der Waals surface area contributed by atoms with Crippen LogP contribution in [0.25, 0.3) is 0 Å². The van der Waals surface area contributed by atoms with E-state index in [1.165, 1.54) is 0 Å². The third kappa shape index (κ3) is 3.83. The van der Waals surface area contributed by atoms with E-state index in [2.05, 4.69) is 4.98 Å². The number of nitrogens with zero attached hydrogens (tertiary/aromatic N) is 2. The minimum Gasteiger partial charge on any atom is -0.493 e. The Kier molecular flexibility index (Phi) is 5.91. The normalized spacial score (nSPS) is 12.7. The van der Waals surface area contributed by atoms with Crippen LogP contribution >= 0.6 is 0 Å². The zero-order valence-electron chi connectivity index (χ0n) is 17.1. The predicted molar refractivity (Wildman–Crippen MR) is 109 cm³/mol. The molecule has 0 radical (unpaired) electrons. The summed E-state index contributed by atoms with van der Waals surface area (Å²) in [5.74, 6) is 1.18. The van der Waals surface area contributed by atoms with Gasteiger partial charge in [0.1, 0.15) is 11.4 Å². The molecule has 1 amide bonds. The quantitative estimate of drug-likeness (QED) is 0.713. The topological polar surface area (TPSA) is 104 Å². The molecule has 154 valence electrons. The van der Waals surface area contributed by atoms with Gasteiger partial charge < -0.3 is 19.9 Å². The number of nitrogens with two attached hydrogens (primary N) is 1. The molecule has 0 unspecified atom stereocenters. The highest BCUT2D eigenvalue weighted by molar-refractivity contribution is 6.06. The van der Waals surface area contributed by atoms with Gasteiger partial charge >= 0.3 is 5.97 Å². The molecule has 1 aromatic heterocycles. The summed E-state index contributed by atoms with van der Waals surface area (Å²) in [6.07, 6.45) is 0.721. The number of nitrogen functional groups attached to an aromatic ring is 1. The van der Waals surface area contributed by atoms with E-state index < -0.39 is 5.97 Å². The molecule has 0 atom stereocenters. The maximum absolute atomic E-state index is 12.6. The third-order valence-corrected chi connectivity index (χ3v) is 4.94. The fourth-order valence-electron chi connectivity index (χ4n) is 3.48. The van der Waals surface area contributed by atoms with Crippen LogP contribution in [0, 0.1) is 6.92 Å². The molecule has 8 nitrogen and oxygen atoms in total. The lowest BCUT2D eigenvalue weighted by atomic mass is 10.1. The average molecular weight is 399 g/mol. The van der Waals surface area contributed by atoms with Crippen molar-refractivity contribution in [1.82, 2.24) is 4.98 Å². The van der Waals surface area contributed by atoms with Gasteiger partial charge in [0, 0.05) is 12.1 Å². The van der Waals surface area contributed by atoms with Crippen molar-refractivity contribution in [3.05, 3.63) is 40.6 Å². The molecule has 1 aliphatic heterocycles. The Morgan fingerprint density at radius 2 is 1.97 bits per heavy atom. The highest BCUT2D eigenvalue weighted by Gasteiger charge is 2.33. The van der Waals surface area contributed by atoms with Crippen LogP contribution in [0.15, 0.2) is 18.2 Å². The number of benzene rings is 1. The van der Waals surface area contributed by atoms with Crippen LogP contribution in [0.4, 0.5) is 11.5 Å². The van der Waals surface area contributed by atoms with Gasteiger partial charge in [-0.2, -0.15) is 0 Å². The fraction of sp³-hybridized carbons (Fsp3) is 0.381. The van der Waals surface area contributed by atoms with Gasteiger partial charge in [-0.3, -0.25) is 9.69 Å². The first-order chi connectivity index (χ1) is 13.9. The number of hydrogen-bond acceptors (Lipinski definition) is 7. The standard InChI is InChI=1S/C21H25N3O5/c1-5-29-21(26)18-12(2)23-20-14(19(18)22)11-17(25)24(20)9-8-13-6-7-15(27-3)16(10-13)28-4/h6-7,10H,5,8-9,11H2,1-4H3,(H2,22,23). The van der Waals surface area contributed by atoms with E-state index in [4.69, 9.17) is 19.9 Å². The van der Waals surface area contributed by atoms with Crippen LogP contribution in [0.1, 0.15) is 34.1 Å². The first kappa shape index (κ1) is 20.4. The number of esters is 1. The zero-order chi connectivity index (χ0) is 21.1. The van der Waals surface area contributed by atoms with Crippen molar-refractivity contribution >= 4 is 23.4 Å². The molecule has 0 bridgehead atoms. The van der Waals surface area contributed by atoms with Crippen molar-refractivity contribution in [2.45, 2.75) is 26.7 Å². The van der Waals surface area contributed by atoms with E-state index in [0.29, 0.717) is 41.5 Å². The monoisotopic (exact) mass is 399 g/mol. The first-order valence-electron chi connectivity index (χ1n) is 9.38. The molecule has 2 N–H and O–H groups in total. The molecule has 1 aliphatic rings. The zero-order valence-corrected chi connectivity index (χ0v) is 17.1. The largest absolute Gasteiger partial charge is 0.493 e. The molecule has 0 spiro atoms. The molecule has 8 heteroatoms. The number of fused-ring (bicyclic) bond motifs is 1. The third-order valence-electron chi connectivity index (χ3n) is 4.94. The second-order valence-corrected chi connectivity index (χ2v) is 6.67. The molecule has 29 heavy (non-hydrogen) atoms. The van der Waals surface area contributed by atoms with Gasteiger partial charge in [-0.1, -0.05) is 6.07 Å². The molecular formula is C21H25N3O5. The Bertz CT molecular complexity index is 958. The molecule has 3 rings (SSSR count). The highest BCUT2D eigenvalue weighted by Crippen LogP contribution is 2.35. The maximum atomic E-state index is 12.6. The number of pyridine rings is 1. The van der Waals surface area contributed by atoms with Gasteiger partial charge in [0.25, 0.3) is 0 Å². The van der Waals surface area contributed by atoms with Crippen molar-refractivity contribution in [2.24, 2.45) is 0 Å². The number of methoxy groups -OCH3 is 2.